The molecular weight excluding hydrogens is 254 g/mol. The number of anilines is 1. The van der Waals surface area contributed by atoms with Crippen LogP contribution in [0, 0.1) is 0 Å². The van der Waals surface area contributed by atoms with Crippen molar-refractivity contribution >= 4 is 17.5 Å². The molecule has 3 N–H and O–H groups in total. The molecule has 1 aromatic carbocycles. The van der Waals surface area contributed by atoms with E-state index in [0.29, 0.717) is 6.54 Å². The molecule has 0 saturated heterocycles. The minimum Gasteiger partial charge on any atom is -0.384 e. The van der Waals surface area contributed by atoms with E-state index in [1.165, 1.54) is 0 Å². The molecule has 0 saturated carbocycles. The van der Waals surface area contributed by atoms with Crippen molar-refractivity contribution in [3.8, 4) is 0 Å². The van der Waals surface area contributed by atoms with Crippen molar-refractivity contribution in [2.45, 2.75) is 32.2 Å². The lowest BCUT2D eigenvalue weighted by atomic mass is 10.0. The Morgan fingerprint density at radius 3 is 2.70 bits per heavy atom. The largest absolute Gasteiger partial charge is 0.384 e. The lowest BCUT2D eigenvalue weighted by Crippen LogP contribution is -2.46. The van der Waals surface area contributed by atoms with E-state index in [4.69, 9.17) is 0 Å². The monoisotopic (exact) mass is 275 g/mol. The van der Waals surface area contributed by atoms with Crippen LogP contribution >= 0.6 is 0 Å². The average molecular weight is 275 g/mol. The van der Waals surface area contributed by atoms with Gasteiger partial charge in [-0.3, -0.25) is 9.59 Å². The number of hydrogen-bond donors (Lipinski definition) is 3. The second-order valence-corrected chi connectivity index (χ2v) is 6.04. The summed E-state index contributed by atoms with van der Waals surface area (Å²) in [4.78, 5) is 23.8. The molecule has 1 aliphatic heterocycles. The molecule has 0 radical (unpaired) electrons. The first-order chi connectivity index (χ1) is 9.37. The van der Waals surface area contributed by atoms with Crippen LogP contribution < -0.4 is 16.0 Å². The number of hydrogen-bond acceptors (Lipinski definition) is 3. The maximum absolute atomic E-state index is 12.1. The van der Waals surface area contributed by atoms with Crippen LogP contribution in [0.4, 0.5) is 5.69 Å². The van der Waals surface area contributed by atoms with Gasteiger partial charge in [0, 0.05) is 17.8 Å². The number of nitrogens with one attached hydrogen (secondary N) is 3. The Morgan fingerprint density at radius 1 is 1.30 bits per heavy atom. The minimum absolute atomic E-state index is 0.00870. The molecule has 5 heteroatoms. The zero-order valence-corrected chi connectivity index (χ0v) is 12.1. The molecule has 2 amide bonds. The number of rotatable bonds is 3. The van der Waals surface area contributed by atoms with Gasteiger partial charge in [0.2, 0.25) is 11.8 Å². The summed E-state index contributed by atoms with van der Waals surface area (Å²) >= 11 is 0. The third-order valence-electron chi connectivity index (χ3n) is 3.09. The molecule has 0 spiro atoms. The molecule has 1 heterocycles. The number of para-hydroxylation sites is 1. The Kier molecular flexibility index (Phi) is 3.97. The van der Waals surface area contributed by atoms with E-state index in [2.05, 4.69) is 16.0 Å². The molecule has 108 valence electrons. The summed E-state index contributed by atoms with van der Waals surface area (Å²) < 4.78 is 0. The molecule has 1 atom stereocenters. The summed E-state index contributed by atoms with van der Waals surface area (Å²) in [5, 5.41) is 8.71. The van der Waals surface area contributed by atoms with Crippen LogP contribution in [0.15, 0.2) is 24.3 Å². The summed E-state index contributed by atoms with van der Waals surface area (Å²) in [7, 11) is 0. The summed E-state index contributed by atoms with van der Waals surface area (Å²) in [6.45, 7) is 6.30. The third-order valence-corrected chi connectivity index (χ3v) is 3.09. The van der Waals surface area contributed by atoms with E-state index in [1.807, 2.05) is 45.0 Å². The van der Waals surface area contributed by atoms with Crippen molar-refractivity contribution in [1.29, 1.82) is 0 Å². The van der Waals surface area contributed by atoms with Gasteiger partial charge in [0.15, 0.2) is 0 Å². The molecule has 5 nitrogen and oxygen atoms in total. The van der Waals surface area contributed by atoms with E-state index in [0.717, 1.165) is 11.3 Å². The number of fused-ring (bicyclic) bond motifs is 1. The standard InChI is InChI=1S/C15H21N3O2/c1-15(2,3)18-13(19)9-17-14(20)11-8-16-12-7-5-4-6-10(11)12/h4-7,11,16H,8-9H2,1-3H3,(H,17,20)(H,18,19). The molecule has 0 aromatic heterocycles. The zero-order chi connectivity index (χ0) is 14.8. The topological polar surface area (TPSA) is 70.2 Å². The summed E-state index contributed by atoms with van der Waals surface area (Å²) in [5.41, 5.74) is 1.69. The predicted octanol–water partition coefficient (Wildman–Crippen LogP) is 1.23. The van der Waals surface area contributed by atoms with Gasteiger partial charge in [-0.1, -0.05) is 18.2 Å². The SMILES string of the molecule is CC(C)(C)NC(=O)CNC(=O)C1CNc2ccccc21. The Bertz CT molecular complexity index is 520. The van der Waals surface area contributed by atoms with Crippen LogP contribution in [0.3, 0.4) is 0 Å². The second-order valence-electron chi connectivity index (χ2n) is 6.04. The van der Waals surface area contributed by atoms with Gasteiger partial charge in [-0.25, -0.2) is 0 Å². The highest BCUT2D eigenvalue weighted by Gasteiger charge is 2.28. The second kappa shape index (κ2) is 5.53. The number of amides is 2. The zero-order valence-electron chi connectivity index (χ0n) is 12.1. The van der Waals surface area contributed by atoms with Crippen molar-refractivity contribution in [1.82, 2.24) is 10.6 Å². The lowest BCUT2D eigenvalue weighted by molar-refractivity contribution is -0.127. The number of carbonyl (C=O) groups excluding carboxylic acids is 2. The van der Waals surface area contributed by atoms with E-state index >= 15 is 0 Å². The van der Waals surface area contributed by atoms with Gasteiger partial charge < -0.3 is 16.0 Å². The molecule has 0 bridgehead atoms. The van der Waals surface area contributed by atoms with Gasteiger partial charge in [0.05, 0.1) is 12.5 Å². The van der Waals surface area contributed by atoms with Crippen molar-refractivity contribution < 1.29 is 9.59 Å². The highest BCUT2D eigenvalue weighted by atomic mass is 16.2. The highest BCUT2D eigenvalue weighted by molar-refractivity contribution is 5.91. The van der Waals surface area contributed by atoms with Crippen LogP contribution in [0.2, 0.25) is 0 Å². The maximum Gasteiger partial charge on any atom is 0.239 e. The Morgan fingerprint density at radius 2 is 2.00 bits per heavy atom. The average Bonchev–Trinajstić information content (AvgIpc) is 2.78. The van der Waals surface area contributed by atoms with Crippen molar-refractivity contribution in [2.24, 2.45) is 0 Å². The molecule has 0 fully saturated rings. The predicted molar refractivity (Wildman–Crippen MR) is 78.6 cm³/mol. The molecule has 1 aliphatic rings. The smallest absolute Gasteiger partial charge is 0.239 e. The van der Waals surface area contributed by atoms with Gasteiger partial charge in [0.25, 0.3) is 0 Å². The fourth-order valence-electron chi connectivity index (χ4n) is 2.27. The fourth-order valence-corrected chi connectivity index (χ4v) is 2.27. The highest BCUT2D eigenvalue weighted by Crippen LogP contribution is 2.30. The first-order valence-electron chi connectivity index (χ1n) is 6.78. The fraction of sp³-hybridized carbons (Fsp3) is 0.467. The molecule has 0 aliphatic carbocycles. The number of benzene rings is 1. The van der Waals surface area contributed by atoms with Gasteiger partial charge in [-0.05, 0) is 32.4 Å². The molecule has 2 rings (SSSR count). The summed E-state index contributed by atoms with van der Waals surface area (Å²) in [5.74, 6) is -0.523. The van der Waals surface area contributed by atoms with Crippen molar-refractivity contribution in [3.05, 3.63) is 29.8 Å². The number of carbonyl (C=O) groups is 2. The summed E-state index contributed by atoms with van der Waals surface area (Å²) in [6, 6.07) is 7.74. The molecule has 20 heavy (non-hydrogen) atoms. The normalized spacial score (nSPS) is 17.1. The van der Waals surface area contributed by atoms with Crippen molar-refractivity contribution in [3.63, 3.8) is 0 Å². The van der Waals surface area contributed by atoms with Gasteiger partial charge in [0.1, 0.15) is 0 Å². The first-order valence-corrected chi connectivity index (χ1v) is 6.78. The Labute approximate surface area is 119 Å². The van der Waals surface area contributed by atoms with Crippen LogP contribution in [-0.4, -0.2) is 30.4 Å². The van der Waals surface area contributed by atoms with Crippen molar-refractivity contribution in [2.75, 3.05) is 18.4 Å². The van der Waals surface area contributed by atoms with E-state index in [9.17, 15) is 9.59 Å². The Balaban J connectivity index is 1.89. The van der Waals surface area contributed by atoms with Crippen LogP contribution in [0.1, 0.15) is 32.3 Å². The summed E-state index contributed by atoms with van der Waals surface area (Å²) in [6.07, 6.45) is 0. The van der Waals surface area contributed by atoms with Crippen LogP contribution in [-0.2, 0) is 9.59 Å². The minimum atomic E-state index is -0.288. The molecule has 1 unspecified atom stereocenters. The quantitative estimate of drug-likeness (QED) is 0.777. The third kappa shape index (κ3) is 3.50. The van der Waals surface area contributed by atoms with Crippen LogP contribution in [0.5, 0.6) is 0 Å². The van der Waals surface area contributed by atoms with Gasteiger partial charge in [-0.2, -0.15) is 0 Å². The first kappa shape index (κ1) is 14.4. The van der Waals surface area contributed by atoms with E-state index in [-0.39, 0.29) is 29.8 Å². The molecular formula is C15H21N3O2. The van der Waals surface area contributed by atoms with Gasteiger partial charge >= 0.3 is 0 Å². The van der Waals surface area contributed by atoms with Gasteiger partial charge in [-0.15, -0.1) is 0 Å². The van der Waals surface area contributed by atoms with Crippen LogP contribution in [0.25, 0.3) is 0 Å². The Hall–Kier alpha value is -2.04. The molecule has 1 aromatic rings. The van der Waals surface area contributed by atoms with E-state index < -0.39 is 0 Å². The lowest BCUT2D eigenvalue weighted by Gasteiger charge is -2.21. The maximum atomic E-state index is 12.1. The van der Waals surface area contributed by atoms with E-state index in [1.54, 1.807) is 0 Å².